The molecule has 60 valence electrons. The van der Waals surface area contributed by atoms with Gasteiger partial charge in [-0.2, -0.15) is 0 Å². The smallest absolute Gasteiger partial charge is 0.334 e. The van der Waals surface area contributed by atoms with Crippen LogP contribution in [0.5, 0.6) is 0 Å². The molecule has 0 aromatic heterocycles. The summed E-state index contributed by atoms with van der Waals surface area (Å²) in [6.07, 6.45) is 1.27. The number of ether oxygens (including phenoxy) is 2. The molecule has 0 aliphatic rings. The standard InChI is InChI=1S/C7H14O3/c1-4-5-6(9-2)7(8)10-3/h6H,4-5H2,1-3H3. The van der Waals surface area contributed by atoms with Gasteiger partial charge in [0.1, 0.15) is 0 Å². The number of esters is 1. The first-order chi connectivity index (χ1) is 4.76. The monoisotopic (exact) mass is 146 g/mol. The van der Waals surface area contributed by atoms with Crippen LogP contribution in [0.25, 0.3) is 0 Å². The second-order valence-electron chi connectivity index (χ2n) is 2.04. The van der Waals surface area contributed by atoms with Gasteiger partial charge in [0.15, 0.2) is 6.10 Å². The van der Waals surface area contributed by atoms with E-state index in [-0.39, 0.29) is 12.1 Å². The van der Waals surface area contributed by atoms with Crippen LogP contribution in [0.2, 0.25) is 0 Å². The summed E-state index contributed by atoms with van der Waals surface area (Å²) >= 11 is 0. The summed E-state index contributed by atoms with van der Waals surface area (Å²) in [5.74, 6) is -0.288. The van der Waals surface area contributed by atoms with E-state index >= 15 is 0 Å². The highest BCUT2D eigenvalue weighted by molar-refractivity contribution is 5.74. The van der Waals surface area contributed by atoms with E-state index < -0.39 is 0 Å². The van der Waals surface area contributed by atoms with Crippen LogP contribution in [0.1, 0.15) is 19.8 Å². The number of carbonyl (C=O) groups is 1. The predicted molar refractivity (Wildman–Crippen MR) is 37.7 cm³/mol. The largest absolute Gasteiger partial charge is 0.467 e. The Balaban J connectivity index is 3.68. The Kier molecular flexibility index (Phi) is 4.94. The van der Waals surface area contributed by atoms with Gasteiger partial charge in [0.2, 0.25) is 0 Å². The first kappa shape index (κ1) is 9.43. The van der Waals surface area contributed by atoms with Crippen molar-refractivity contribution < 1.29 is 14.3 Å². The molecule has 0 N–H and O–H groups in total. The highest BCUT2D eigenvalue weighted by Crippen LogP contribution is 2.01. The number of hydrogen-bond donors (Lipinski definition) is 0. The molecule has 0 saturated heterocycles. The molecule has 0 bridgehead atoms. The average molecular weight is 146 g/mol. The maximum Gasteiger partial charge on any atom is 0.334 e. The lowest BCUT2D eigenvalue weighted by Gasteiger charge is -2.10. The molecule has 0 rings (SSSR count). The molecule has 3 nitrogen and oxygen atoms in total. The van der Waals surface area contributed by atoms with Gasteiger partial charge in [-0.3, -0.25) is 0 Å². The highest BCUT2D eigenvalue weighted by Gasteiger charge is 2.15. The maximum atomic E-state index is 10.8. The van der Waals surface area contributed by atoms with E-state index in [0.717, 1.165) is 12.8 Å². The first-order valence-corrected chi connectivity index (χ1v) is 3.36. The van der Waals surface area contributed by atoms with Gasteiger partial charge in [0.25, 0.3) is 0 Å². The van der Waals surface area contributed by atoms with Gasteiger partial charge in [-0.1, -0.05) is 13.3 Å². The van der Waals surface area contributed by atoms with E-state index in [9.17, 15) is 4.79 Å². The minimum Gasteiger partial charge on any atom is -0.467 e. The molecular formula is C7H14O3. The zero-order valence-electron chi connectivity index (χ0n) is 6.72. The van der Waals surface area contributed by atoms with Gasteiger partial charge >= 0.3 is 5.97 Å². The van der Waals surface area contributed by atoms with Crippen molar-refractivity contribution in [3.8, 4) is 0 Å². The van der Waals surface area contributed by atoms with E-state index in [2.05, 4.69) is 4.74 Å². The third-order valence-corrected chi connectivity index (χ3v) is 1.30. The van der Waals surface area contributed by atoms with Crippen LogP contribution in [0.3, 0.4) is 0 Å². The molecule has 0 fully saturated rings. The topological polar surface area (TPSA) is 35.5 Å². The average Bonchev–Trinajstić information content (AvgIpc) is 1.99. The Labute approximate surface area is 61.3 Å². The van der Waals surface area contributed by atoms with Gasteiger partial charge in [-0.05, 0) is 6.42 Å². The fraction of sp³-hybridized carbons (Fsp3) is 0.857. The second-order valence-corrected chi connectivity index (χ2v) is 2.04. The zero-order valence-corrected chi connectivity index (χ0v) is 6.72. The van der Waals surface area contributed by atoms with Gasteiger partial charge in [-0.15, -0.1) is 0 Å². The maximum absolute atomic E-state index is 10.8. The molecule has 1 unspecified atom stereocenters. The number of carbonyl (C=O) groups excluding carboxylic acids is 1. The molecule has 0 radical (unpaired) electrons. The Morgan fingerprint density at radius 1 is 1.50 bits per heavy atom. The van der Waals surface area contributed by atoms with E-state index in [1.54, 1.807) is 0 Å². The SMILES string of the molecule is CCCC(OC)C(=O)OC. The molecule has 0 aromatic rings. The first-order valence-electron chi connectivity index (χ1n) is 3.36. The Morgan fingerprint density at radius 3 is 2.40 bits per heavy atom. The fourth-order valence-electron chi connectivity index (χ4n) is 0.726. The molecule has 0 aliphatic heterocycles. The summed E-state index contributed by atoms with van der Waals surface area (Å²) < 4.78 is 9.36. The molecule has 10 heavy (non-hydrogen) atoms. The molecule has 0 spiro atoms. The van der Waals surface area contributed by atoms with Crippen molar-refractivity contribution in [2.24, 2.45) is 0 Å². The van der Waals surface area contributed by atoms with Crippen LogP contribution in [0, 0.1) is 0 Å². The summed E-state index contributed by atoms with van der Waals surface area (Å²) in [4.78, 5) is 10.8. The summed E-state index contributed by atoms with van der Waals surface area (Å²) in [7, 11) is 2.88. The van der Waals surface area contributed by atoms with Gasteiger partial charge < -0.3 is 9.47 Å². The summed E-state index contributed by atoms with van der Waals surface area (Å²) in [6.45, 7) is 2.00. The van der Waals surface area contributed by atoms with Crippen LogP contribution in [0.15, 0.2) is 0 Å². The molecular weight excluding hydrogens is 132 g/mol. The summed E-state index contributed by atoms with van der Waals surface area (Å²) in [6, 6.07) is 0. The van der Waals surface area contributed by atoms with E-state index in [0.29, 0.717) is 0 Å². The zero-order chi connectivity index (χ0) is 7.98. The van der Waals surface area contributed by atoms with Crippen LogP contribution in [-0.4, -0.2) is 26.3 Å². The molecule has 0 saturated carbocycles. The third-order valence-electron chi connectivity index (χ3n) is 1.30. The molecule has 0 aliphatic carbocycles. The van der Waals surface area contributed by atoms with Crippen molar-refractivity contribution in [3.63, 3.8) is 0 Å². The van der Waals surface area contributed by atoms with E-state index in [1.807, 2.05) is 6.92 Å². The lowest BCUT2D eigenvalue weighted by Crippen LogP contribution is -2.23. The van der Waals surface area contributed by atoms with Crippen LogP contribution in [-0.2, 0) is 14.3 Å². The van der Waals surface area contributed by atoms with Crippen molar-refractivity contribution in [1.29, 1.82) is 0 Å². The van der Waals surface area contributed by atoms with Crippen molar-refractivity contribution in [2.45, 2.75) is 25.9 Å². The van der Waals surface area contributed by atoms with Gasteiger partial charge in [0, 0.05) is 7.11 Å². The predicted octanol–water partition coefficient (Wildman–Crippen LogP) is 0.975. The molecule has 0 amide bonds. The normalized spacial score (nSPS) is 12.7. The second kappa shape index (κ2) is 5.23. The number of rotatable bonds is 4. The van der Waals surface area contributed by atoms with Crippen LogP contribution >= 0.6 is 0 Å². The Morgan fingerprint density at radius 2 is 2.10 bits per heavy atom. The molecule has 3 heteroatoms. The molecule has 1 atom stereocenters. The Bertz CT molecular complexity index is 101. The van der Waals surface area contributed by atoms with E-state index in [4.69, 9.17) is 4.74 Å². The number of hydrogen-bond acceptors (Lipinski definition) is 3. The number of methoxy groups -OCH3 is 2. The molecule has 0 aromatic carbocycles. The minimum atomic E-state index is -0.380. The van der Waals surface area contributed by atoms with Crippen molar-refractivity contribution in [2.75, 3.05) is 14.2 Å². The van der Waals surface area contributed by atoms with E-state index in [1.165, 1.54) is 14.2 Å². The summed E-state index contributed by atoms with van der Waals surface area (Å²) in [5, 5.41) is 0. The highest BCUT2D eigenvalue weighted by atomic mass is 16.6. The van der Waals surface area contributed by atoms with Crippen molar-refractivity contribution in [3.05, 3.63) is 0 Å². The minimum absolute atomic E-state index is 0.288. The molecule has 0 heterocycles. The van der Waals surface area contributed by atoms with Crippen LogP contribution < -0.4 is 0 Å². The fourth-order valence-corrected chi connectivity index (χ4v) is 0.726. The summed E-state index contributed by atoms with van der Waals surface area (Å²) in [5.41, 5.74) is 0. The third kappa shape index (κ3) is 2.82. The lowest BCUT2D eigenvalue weighted by atomic mass is 10.2. The Hall–Kier alpha value is -0.570. The lowest BCUT2D eigenvalue weighted by molar-refractivity contribution is -0.152. The van der Waals surface area contributed by atoms with Crippen molar-refractivity contribution >= 4 is 5.97 Å². The quantitative estimate of drug-likeness (QED) is 0.554. The van der Waals surface area contributed by atoms with Gasteiger partial charge in [0.05, 0.1) is 7.11 Å². The van der Waals surface area contributed by atoms with Crippen molar-refractivity contribution in [1.82, 2.24) is 0 Å². The van der Waals surface area contributed by atoms with Crippen LogP contribution in [0.4, 0.5) is 0 Å². The van der Waals surface area contributed by atoms with Gasteiger partial charge in [-0.25, -0.2) is 4.79 Å².